The minimum Gasteiger partial charge on any atom is -0.497 e. The Morgan fingerprint density at radius 1 is 0.872 bits per heavy atom. The Balaban J connectivity index is 1.33. The second-order valence-corrected chi connectivity index (χ2v) is 9.51. The van der Waals surface area contributed by atoms with Crippen molar-refractivity contribution in [2.24, 2.45) is 0 Å². The van der Waals surface area contributed by atoms with Gasteiger partial charge in [-0.2, -0.15) is 0 Å². The fraction of sp³-hybridized carbons (Fsp3) is 0.0323. The number of hydrogen-bond acceptors (Lipinski definition) is 6. The molecular formula is C31H18Cl2O6. The van der Waals surface area contributed by atoms with Crippen LogP contribution in [0.25, 0.3) is 28.4 Å². The number of esters is 1. The average Bonchev–Trinajstić information content (AvgIpc) is 3.48. The number of ketones is 1. The Kier molecular flexibility index (Phi) is 6.35. The van der Waals surface area contributed by atoms with Gasteiger partial charge in [0.25, 0.3) is 0 Å². The monoisotopic (exact) mass is 556 g/mol. The molecule has 0 saturated heterocycles. The molecule has 0 unspecified atom stereocenters. The van der Waals surface area contributed by atoms with E-state index in [1.807, 2.05) is 30.3 Å². The zero-order valence-electron chi connectivity index (χ0n) is 20.4. The molecule has 6 nitrogen and oxygen atoms in total. The molecule has 2 heterocycles. The number of rotatable bonds is 5. The molecule has 4 aromatic carbocycles. The predicted octanol–water partition coefficient (Wildman–Crippen LogP) is 8.25. The smallest absolute Gasteiger partial charge is 0.348 e. The maximum Gasteiger partial charge on any atom is 0.348 e. The van der Waals surface area contributed by atoms with Gasteiger partial charge in [-0.15, -0.1) is 0 Å². The van der Waals surface area contributed by atoms with E-state index >= 15 is 0 Å². The summed E-state index contributed by atoms with van der Waals surface area (Å²) in [5.74, 6) is 0.624. The van der Waals surface area contributed by atoms with Crippen molar-refractivity contribution in [3.05, 3.63) is 117 Å². The average molecular weight is 557 g/mol. The molecule has 0 N–H and O–H groups in total. The van der Waals surface area contributed by atoms with Crippen molar-refractivity contribution in [2.45, 2.75) is 0 Å². The lowest BCUT2D eigenvalue weighted by molar-refractivity contribution is 0.0736. The van der Waals surface area contributed by atoms with Crippen molar-refractivity contribution >= 4 is 52.0 Å². The van der Waals surface area contributed by atoms with Gasteiger partial charge in [0.15, 0.2) is 5.76 Å². The van der Waals surface area contributed by atoms with E-state index in [0.717, 1.165) is 5.56 Å². The van der Waals surface area contributed by atoms with Crippen LogP contribution in [0, 0.1) is 0 Å². The first-order valence-electron chi connectivity index (χ1n) is 11.8. The molecule has 0 spiro atoms. The number of ether oxygens (including phenoxy) is 3. The summed E-state index contributed by atoms with van der Waals surface area (Å²) in [6.45, 7) is 0. The first kappa shape index (κ1) is 24.8. The Morgan fingerprint density at radius 2 is 1.67 bits per heavy atom. The molecule has 0 amide bonds. The largest absolute Gasteiger partial charge is 0.497 e. The first-order valence-corrected chi connectivity index (χ1v) is 12.6. The van der Waals surface area contributed by atoms with E-state index in [1.54, 1.807) is 61.7 Å². The van der Waals surface area contributed by atoms with Crippen LogP contribution in [0.3, 0.4) is 0 Å². The molecular weight excluding hydrogens is 539 g/mol. The standard InChI is InChI=1S/C31H18Cl2O6/c1-36-19-9-12-25-22(15-19)28(30(39-25)18-5-3-2-4-6-18)31(35)37-20-8-10-21-26(16-20)38-27(29(21)34)14-17-7-11-23(32)24(33)13-17/h2-16H,1H3. The molecule has 1 aromatic heterocycles. The second kappa shape index (κ2) is 9.98. The van der Waals surface area contributed by atoms with E-state index in [-0.39, 0.29) is 28.6 Å². The Morgan fingerprint density at radius 3 is 2.44 bits per heavy atom. The molecule has 1 aliphatic rings. The van der Waals surface area contributed by atoms with E-state index < -0.39 is 5.97 Å². The highest BCUT2D eigenvalue weighted by Gasteiger charge is 2.29. The lowest BCUT2D eigenvalue weighted by Gasteiger charge is -2.07. The van der Waals surface area contributed by atoms with Crippen molar-refractivity contribution < 1.29 is 28.2 Å². The van der Waals surface area contributed by atoms with E-state index in [0.29, 0.717) is 43.7 Å². The van der Waals surface area contributed by atoms with Crippen molar-refractivity contribution in [1.82, 2.24) is 0 Å². The minimum atomic E-state index is -0.628. The predicted molar refractivity (Wildman–Crippen MR) is 149 cm³/mol. The fourth-order valence-corrected chi connectivity index (χ4v) is 4.65. The van der Waals surface area contributed by atoms with Crippen molar-refractivity contribution in [3.63, 3.8) is 0 Å². The Bertz CT molecular complexity index is 1800. The van der Waals surface area contributed by atoms with Gasteiger partial charge >= 0.3 is 5.97 Å². The van der Waals surface area contributed by atoms with E-state index in [1.165, 1.54) is 6.07 Å². The molecule has 0 radical (unpaired) electrons. The van der Waals surface area contributed by atoms with Gasteiger partial charge in [-0.3, -0.25) is 4.79 Å². The van der Waals surface area contributed by atoms with Crippen LogP contribution in [0.5, 0.6) is 17.2 Å². The van der Waals surface area contributed by atoms with Gasteiger partial charge in [-0.05, 0) is 54.1 Å². The van der Waals surface area contributed by atoms with Crippen LogP contribution in [-0.4, -0.2) is 18.9 Å². The van der Waals surface area contributed by atoms with E-state index in [4.69, 9.17) is 41.8 Å². The lowest BCUT2D eigenvalue weighted by atomic mass is 10.1. The van der Waals surface area contributed by atoms with E-state index in [2.05, 4.69) is 0 Å². The van der Waals surface area contributed by atoms with Gasteiger partial charge in [-0.1, -0.05) is 59.6 Å². The highest BCUT2D eigenvalue weighted by atomic mass is 35.5. The minimum absolute atomic E-state index is 0.117. The molecule has 39 heavy (non-hydrogen) atoms. The van der Waals surface area contributed by atoms with Gasteiger partial charge in [0.1, 0.15) is 34.2 Å². The molecule has 8 heteroatoms. The number of halogens is 2. The normalized spacial score (nSPS) is 13.4. The van der Waals surface area contributed by atoms with Crippen LogP contribution in [0.4, 0.5) is 0 Å². The Labute approximate surface area is 232 Å². The molecule has 5 aromatic rings. The summed E-state index contributed by atoms with van der Waals surface area (Å²) in [4.78, 5) is 26.4. The fourth-order valence-electron chi connectivity index (χ4n) is 4.34. The number of benzene rings is 4. The molecule has 0 saturated carbocycles. The maximum atomic E-state index is 13.5. The second-order valence-electron chi connectivity index (χ2n) is 8.70. The van der Waals surface area contributed by atoms with Crippen molar-refractivity contribution in [2.75, 3.05) is 7.11 Å². The third-order valence-electron chi connectivity index (χ3n) is 6.23. The highest BCUT2D eigenvalue weighted by molar-refractivity contribution is 6.42. The number of allylic oxidation sites excluding steroid dienone is 1. The molecule has 0 bridgehead atoms. The zero-order valence-corrected chi connectivity index (χ0v) is 21.9. The summed E-state index contributed by atoms with van der Waals surface area (Å²) in [7, 11) is 1.55. The van der Waals surface area contributed by atoms with Crippen LogP contribution in [0.15, 0.2) is 95.1 Å². The Hall–Kier alpha value is -4.52. The summed E-state index contributed by atoms with van der Waals surface area (Å²) in [5, 5.41) is 1.33. The summed E-state index contributed by atoms with van der Waals surface area (Å²) in [6.07, 6.45) is 1.58. The van der Waals surface area contributed by atoms with Crippen LogP contribution in [0.2, 0.25) is 10.0 Å². The van der Waals surface area contributed by atoms with Gasteiger partial charge < -0.3 is 18.6 Å². The zero-order chi connectivity index (χ0) is 27.1. The lowest BCUT2D eigenvalue weighted by Crippen LogP contribution is -2.09. The number of carbonyl (C=O) groups excluding carboxylic acids is 2. The third kappa shape index (κ3) is 4.65. The molecule has 192 valence electrons. The van der Waals surface area contributed by atoms with Crippen LogP contribution in [-0.2, 0) is 0 Å². The summed E-state index contributed by atoms with van der Waals surface area (Å²) < 4.78 is 23.0. The van der Waals surface area contributed by atoms with E-state index in [9.17, 15) is 9.59 Å². The van der Waals surface area contributed by atoms with Crippen molar-refractivity contribution in [3.8, 4) is 28.6 Å². The topological polar surface area (TPSA) is 75.0 Å². The maximum absolute atomic E-state index is 13.5. The van der Waals surface area contributed by atoms with Gasteiger partial charge in [-0.25, -0.2) is 4.79 Å². The molecule has 0 aliphatic carbocycles. The quantitative estimate of drug-likeness (QED) is 0.123. The first-order chi connectivity index (χ1) is 18.9. The number of carbonyl (C=O) groups is 2. The number of methoxy groups -OCH3 is 1. The number of hydrogen-bond donors (Lipinski definition) is 0. The highest BCUT2D eigenvalue weighted by Crippen LogP contribution is 2.38. The van der Waals surface area contributed by atoms with Gasteiger partial charge in [0.05, 0.1) is 22.7 Å². The summed E-state index contributed by atoms with van der Waals surface area (Å²) in [6, 6.07) is 24.1. The number of furan rings is 1. The van der Waals surface area contributed by atoms with Crippen LogP contribution >= 0.6 is 23.2 Å². The van der Waals surface area contributed by atoms with Crippen LogP contribution in [0.1, 0.15) is 26.3 Å². The number of Topliss-reactive ketones (excluding diaryl/α,β-unsaturated/α-hetero) is 1. The van der Waals surface area contributed by atoms with Gasteiger partial charge in [0.2, 0.25) is 5.78 Å². The van der Waals surface area contributed by atoms with Gasteiger partial charge in [0, 0.05) is 17.0 Å². The summed E-state index contributed by atoms with van der Waals surface area (Å²) >= 11 is 12.1. The molecule has 0 atom stereocenters. The van der Waals surface area contributed by atoms with Crippen LogP contribution < -0.4 is 14.2 Å². The van der Waals surface area contributed by atoms with Crippen molar-refractivity contribution in [1.29, 1.82) is 0 Å². The SMILES string of the molecule is COc1ccc2oc(-c3ccccc3)c(C(=O)Oc3ccc4c(c3)OC(=Cc3ccc(Cl)c(Cl)c3)C4=O)c2c1. The molecule has 6 rings (SSSR count). The summed E-state index contributed by atoms with van der Waals surface area (Å²) in [5.41, 5.74) is 2.50. The molecule has 1 aliphatic heterocycles. The molecule has 0 fully saturated rings. The number of fused-ring (bicyclic) bond motifs is 2. The third-order valence-corrected chi connectivity index (χ3v) is 6.97.